The van der Waals surface area contributed by atoms with Gasteiger partial charge >= 0.3 is 0 Å². The fourth-order valence-corrected chi connectivity index (χ4v) is 1.57. The summed E-state index contributed by atoms with van der Waals surface area (Å²) >= 11 is 6.03. The van der Waals surface area contributed by atoms with E-state index in [1.807, 2.05) is 31.2 Å². The predicted molar refractivity (Wildman–Crippen MR) is 61.9 cm³/mol. The van der Waals surface area contributed by atoms with E-state index < -0.39 is 0 Å². The van der Waals surface area contributed by atoms with E-state index in [4.69, 9.17) is 11.6 Å². The van der Waals surface area contributed by atoms with Crippen LogP contribution in [0.1, 0.15) is 18.5 Å². The summed E-state index contributed by atoms with van der Waals surface area (Å²) < 4.78 is 0. The maximum absolute atomic E-state index is 11.0. The average Bonchev–Trinajstić information content (AvgIpc) is 2.26. The minimum absolute atomic E-state index is 0.0334. The second-order valence-corrected chi connectivity index (χ2v) is 3.70. The minimum atomic E-state index is -0.0334. The summed E-state index contributed by atoms with van der Waals surface area (Å²) in [7, 11) is 1.62. The van der Waals surface area contributed by atoms with Gasteiger partial charge in [-0.25, -0.2) is 0 Å². The molecule has 4 heteroatoms. The van der Waals surface area contributed by atoms with Crippen molar-refractivity contribution in [3.05, 3.63) is 34.9 Å². The van der Waals surface area contributed by atoms with Crippen LogP contribution in [0.2, 0.25) is 5.02 Å². The van der Waals surface area contributed by atoms with Crippen molar-refractivity contribution in [2.24, 2.45) is 0 Å². The summed E-state index contributed by atoms with van der Waals surface area (Å²) in [5, 5.41) is 6.36. The van der Waals surface area contributed by atoms with Gasteiger partial charge in [0.1, 0.15) is 0 Å². The smallest absolute Gasteiger partial charge is 0.233 e. The van der Waals surface area contributed by atoms with Crippen molar-refractivity contribution >= 4 is 17.5 Å². The Bertz CT molecular complexity index is 341. The van der Waals surface area contributed by atoms with Crippen LogP contribution in [0.15, 0.2) is 24.3 Å². The van der Waals surface area contributed by atoms with Crippen LogP contribution in [0.25, 0.3) is 0 Å². The molecule has 82 valence electrons. The number of carbonyl (C=O) groups is 1. The Morgan fingerprint density at radius 1 is 1.47 bits per heavy atom. The summed E-state index contributed by atoms with van der Waals surface area (Å²) in [4.78, 5) is 11.0. The zero-order chi connectivity index (χ0) is 11.3. The Hall–Kier alpha value is -1.06. The first-order valence-corrected chi connectivity index (χ1v) is 5.21. The van der Waals surface area contributed by atoms with Crippen LogP contribution in [-0.2, 0) is 4.79 Å². The highest BCUT2D eigenvalue weighted by molar-refractivity contribution is 6.31. The lowest BCUT2D eigenvalue weighted by Gasteiger charge is -2.14. The molecule has 0 aromatic heterocycles. The van der Waals surface area contributed by atoms with Gasteiger partial charge in [-0.3, -0.25) is 4.79 Å². The van der Waals surface area contributed by atoms with Crippen molar-refractivity contribution in [1.82, 2.24) is 10.6 Å². The number of carbonyl (C=O) groups excluding carboxylic acids is 1. The van der Waals surface area contributed by atoms with Crippen LogP contribution in [-0.4, -0.2) is 19.5 Å². The standard InChI is InChI=1S/C11H15ClN2O/c1-8(14-7-11(15)13-2)9-5-3-4-6-10(9)12/h3-6,8,14H,7H2,1-2H3,(H,13,15). The van der Waals surface area contributed by atoms with Gasteiger partial charge in [0.05, 0.1) is 6.54 Å². The molecule has 3 nitrogen and oxygen atoms in total. The molecule has 1 atom stereocenters. The molecule has 0 saturated carbocycles. The van der Waals surface area contributed by atoms with Crippen molar-refractivity contribution in [2.75, 3.05) is 13.6 Å². The molecule has 2 N–H and O–H groups in total. The van der Waals surface area contributed by atoms with Gasteiger partial charge in [-0.2, -0.15) is 0 Å². The lowest BCUT2D eigenvalue weighted by atomic mass is 10.1. The van der Waals surface area contributed by atoms with Crippen LogP contribution in [0.3, 0.4) is 0 Å². The summed E-state index contributed by atoms with van der Waals surface area (Å²) in [5.74, 6) is -0.0334. The zero-order valence-corrected chi connectivity index (χ0v) is 9.64. The summed E-state index contributed by atoms with van der Waals surface area (Å²) in [6.07, 6.45) is 0. The van der Waals surface area contributed by atoms with Gasteiger partial charge in [0.2, 0.25) is 5.91 Å². The zero-order valence-electron chi connectivity index (χ0n) is 8.88. The minimum Gasteiger partial charge on any atom is -0.358 e. The van der Waals surface area contributed by atoms with Crippen molar-refractivity contribution in [2.45, 2.75) is 13.0 Å². The molecule has 1 unspecified atom stereocenters. The normalized spacial score (nSPS) is 12.2. The molecular formula is C11H15ClN2O. The van der Waals surface area contributed by atoms with Crippen LogP contribution < -0.4 is 10.6 Å². The number of benzene rings is 1. The molecule has 1 aromatic rings. The first-order valence-electron chi connectivity index (χ1n) is 4.83. The first kappa shape index (κ1) is 12.0. The SMILES string of the molecule is CNC(=O)CNC(C)c1ccccc1Cl. The molecule has 0 bridgehead atoms. The second-order valence-electron chi connectivity index (χ2n) is 3.30. The van der Waals surface area contributed by atoms with Gasteiger partial charge in [-0.1, -0.05) is 29.8 Å². The van der Waals surface area contributed by atoms with Crippen LogP contribution in [0.5, 0.6) is 0 Å². The highest BCUT2D eigenvalue weighted by Gasteiger charge is 2.09. The van der Waals surface area contributed by atoms with E-state index in [1.54, 1.807) is 7.05 Å². The van der Waals surface area contributed by atoms with E-state index in [0.29, 0.717) is 6.54 Å². The molecule has 15 heavy (non-hydrogen) atoms. The third-order valence-electron chi connectivity index (χ3n) is 2.22. The Morgan fingerprint density at radius 2 is 2.13 bits per heavy atom. The fraction of sp³-hybridized carbons (Fsp3) is 0.364. The first-order chi connectivity index (χ1) is 7.15. The van der Waals surface area contributed by atoms with E-state index in [2.05, 4.69) is 10.6 Å². The molecule has 0 radical (unpaired) electrons. The second kappa shape index (κ2) is 5.73. The third kappa shape index (κ3) is 3.53. The average molecular weight is 227 g/mol. The topological polar surface area (TPSA) is 41.1 Å². The van der Waals surface area contributed by atoms with E-state index in [9.17, 15) is 4.79 Å². The predicted octanol–water partition coefficient (Wildman–Crippen LogP) is 1.74. The number of hydrogen-bond acceptors (Lipinski definition) is 2. The van der Waals surface area contributed by atoms with Crippen molar-refractivity contribution in [1.29, 1.82) is 0 Å². The number of halogens is 1. The molecule has 0 aliphatic carbocycles. The van der Waals surface area contributed by atoms with E-state index in [-0.39, 0.29) is 11.9 Å². The summed E-state index contributed by atoms with van der Waals surface area (Å²) in [5.41, 5.74) is 1.00. The maximum Gasteiger partial charge on any atom is 0.233 e. The third-order valence-corrected chi connectivity index (χ3v) is 2.56. The van der Waals surface area contributed by atoms with Crippen LogP contribution >= 0.6 is 11.6 Å². The fourth-order valence-electron chi connectivity index (χ4n) is 1.27. The highest BCUT2D eigenvalue weighted by atomic mass is 35.5. The molecule has 1 rings (SSSR count). The molecule has 0 aliphatic heterocycles. The molecule has 0 spiro atoms. The molecule has 1 amide bonds. The Labute approximate surface area is 94.8 Å². The molecule has 0 fully saturated rings. The van der Waals surface area contributed by atoms with Crippen molar-refractivity contribution < 1.29 is 4.79 Å². The quantitative estimate of drug-likeness (QED) is 0.821. The number of amides is 1. The highest BCUT2D eigenvalue weighted by Crippen LogP contribution is 2.21. The van der Waals surface area contributed by atoms with Gasteiger partial charge in [0.15, 0.2) is 0 Å². The van der Waals surface area contributed by atoms with Crippen molar-refractivity contribution in [3.8, 4) is 0 Å². The van der Waals surface area contributed by atoms with Crippen LogP contribution in [0.4, 0.5) is 0 Å². The Morgan fingerprint density at radius 3 is 2.73 bits per heavy atom. The van der Waals surface area contributed by atoms with Gasteiger partial charge in [0, 0.05) is 18.1 Å². The molecular weight excluding hydrogens is 212 g/mol. The van der Waals surface area contributed by atoms with E-state index in [0.717, 1.165) is 10.6 Å². The summed E-state index contributed by atoms with van der Waals surface area (Å²) in [6.45, 7) is 2.27. The lowest BCUT2D eigenvalue weighted by molar-refractivity contribution is -0.119. The number of hydrogen-bond donors (Lipinski definition) is 2. The largest absolute Gasteiger partial charge is 0.358 e. The van der Waals surface area contributed by atoms with E-state index >= 15 is 0 Å². The number of rotatable bonds is 4. The number of likely N-dealkylation sites (N-methyl/N-ethyl adjacent to an activating group) is 1. The Kier molecular flexibility index (Phi) is 4.59. The van der Waals surface area contributed by atoms with Gasteiger partial charge in [-0.15, -0.1) is 0 Å². The maximum atomic E-state index is 11.0. The molecule has 0 aliphatic rings. The van der Waals surface area contributed by atoms with E-state index in [1.165, 1.54) is 0 Å². The van der Waals surface area contributed by atoms with Gasteiger partial charge in [0.25, 0.3) is 0 Å². The Balaban J connectivity index is 2.57. The van der Waals surface area contributed by atoms with Crippen LogP contribution in [0, 0.1) is 0 Å². The molecule has 1 aromatic carbocycles. The molecule has 0 heterocycles. The number of nitrogens with one attached hydrogen (secondary N) is 2. The summed E-state index contributed by atoms with van der Waals surface area (Å²) in [6, 6.07) is 7.67. The molecule has 0 saturated heterocycles. The monoisotopic (exact) mass is 226 g/mol. The van der Waals surface area contributed by atoms with Gasteiger partial charge in [-0.05, 0) is 18.6 Å². The van der Waals surface area contributed by atoms with Gasteiger partial charge < -0.3 is 10.6 Å². The van der Waals surface area contributed by atoms with Crippen molar-refractivity contribution in [3.63, 3.8) is 0 Å². The lowest BCUT2D eigenvalue weighted by Crippen LogP contribution is -2.32.